The van der Waals surface area contributed by atoms with Crippen molar-refractivity contribution in [3.05, 3.63) is 204 Å². The maximum absolute atomic E-state index is 14.2. The molecule has 0 saturated carbocycles. The standard InChI is InChI=1S/C33H35FN2O6.C33H35FN2O5.Ca.2Na.2H/c1-20(2)30-29(33(42)35-24-11-7-4-8-12-24)28(21-9-5-3-6-10-21)31(22-13-15-23(34)16-14-22)36(30)18-17-25(37)32(41)26(38)19-27(39)40;1-21(2)31-30(33(41)35-25-11-7-4-8-12-25)29(22-9-5-3-6-10-22)32(23-13-15-24(34)16-14-23)36(31)18-17-26(37)19-27(38)20-28(39)40;;;;;/h3-16,20,25-26,32,37-38,41H,17-19H2,1-2H3,(H,35,42)(H,39,40);3-16,21,26-27,37-38H,17-20H2,1-2H3,(H,35,41)(H,39,40);;;;;/q;;+2;2*+1;2*-1/p-2/t25-,26+,32?;26-,27-;;;;;/m11...../s1/i19D2,26D,32D,38D;;;;;;. The minimum absolute atomic E-state index is 0. The Morgan fingerprint density at radius 2 is 0.930 bits per heavy atom. The maximum Gasteiger partial charge on any atom is 2.00 e. The van der Waals surface area contributed by atoms with Crippen LogP contribution in [0.5, 0.6) is 0 Å². The normalized spacial score (nSPS) is 14.4. The van der Waals surface area contributed by atoms with Crippen molar-refractivity contribution < 1.29 is 131 Å². The fraction of sp³-hybridized carbons (Fsp3) is 0.273. The van der Waals surface area contributed by atoms with Gasteiger partial charge in [0.2, 0.25) is 1.43 Å². The summed E-state index contributed by atoms with van der Waals surface area (Å²) in [5, 5.41) is 74.9. The Labute approximate surface area is 583 Å². The molecule has 2 heterocycles. The van der Waals surface area contributed by atoms with Crippen LogP contribution in [-0.4, -0.2) is 128 Å². The summed E-state index contributed by atoms with van der Waals surface area (Å²) in [7, 11) is 0. The summed E-state index contributed by atoms with van der Waals surface area (Å²) in [4.78, 5) is 50.5. The zero-order chi connectivity index (χ0) is 64.3. The van der Waals surface area contributed by atoms with Crippen LogP contribution in [-0.2, 0) is 22.7 Å². The molecular formula is C66H70CaF2N4Na2O11. The molecule has 6 aromatic carbocycles. The quantitative estimate of drug-likeness (QED) is 0.0410. The van der Waals surface area contributed by atoms with Gasteiger partial charge in [-0.2, -0.15) is 0 Å². The number of nitrogens with one attached hydrogen (secondary N) is 2. The number of amides is 2. The van der Waals surface area contributed by atoms with Gasteiger partial charge in [0.1, 0.15) is 17.7 Å². The first-order chi connectivity index (χ1) is 41.7. The third kappa shape index (κ3) is 19.3. The maximum atomic E-state index is 14.2. The molecule has 0 radical (unpaired) electrons. The number of aliphatic hydroxyl groups excluding tert-OH is 3. The van der Waals surface area contributed by atoms with E-state index in [9.17, 15) is 58.6 Å². The van der Waals surface area contributed by atoms with Gasteiger partial charge in [-0.1, -0.05) is 125 Å². The van der Waals surface area contributed by atoms with Crippen LogP contribution in [0.25, 0.3) is 44.8 Å². The van der Waals surface area contributed by atoms with Crippen LogP contribution in [0.15, 0.2) is 170 Å². The molecule has 0 aliphatic rings. The minimum atomic E-state index is -3.90. The summed E-state index contributed by atoms with van der Waals surface area (Å²) in [6, 6.07) is 47.8. The van der Waals surface area contributed by atoms with E-state index < -0.39 is 79.2 Å². The second kappa shape index (κ2) is 35.0. The number of carbonyl (C=O) groups is 4. The first-order valence-corrected chi connectivity index (χ1v) is 26.9. The number of rotatable bonds is 25. The average Bonchev–Trinajstić information content (AvgIpc) is 1.70. The Bertz CT molecular complexity index is 3700. The number of benzene rings is 6. The van der Waals surface area contributed by atoms with Gasteiger partial charge in [-0.05, 0) is 126 Å². The molecule has 15 nitrogen and oxygen atoms in total. The van der Waals surface area contributed by atoms with Gasteiger partial charge in [0.25, 0.3) is 11.8 Å². The summed E-state index contributed by atoms with van der Waals surface area (Å²) in [6.07, 6.45) is -17.2. The van der Waals surface area contributed by atoms with Crippen LogP contribution in [0.2, 0.25) is 0 Å². The number of nitrogens with zero attached hydrogens (tertiary/aromatic N) is 2. The molecule has 0 spiro atoms. The zero-order valence-corrected chi connectivity index (χ0v) is 55.0. The van der Waals surface area contributed by atoms with E-state index in [1.54, 1.807) is 89.5 Å². The van der Waals surface area contributed by atoms with Gasteiger partial charge >= 0.3 is 96.9 Å². The first-order valence-electron chi connectivity index (χ1n) is 29.3. The second-order valence-corrected chi connectivity index (χ2v) is 20.3. The SMILES string of the molecule is CC(C)c1c(C(=O)Nc2ccccc2)c(-c2ccccc2)c(-c2ccc(F)cc2)n1CC[C@@H](O)C[C@@H](O)CC(=O)[O-].[2H]O[C@@]([2H])(C([2H])([2H])C(=O)[O-])C([2H])(O)[C@H](O)CCn1c(-c2ccc(F)cc2)c(-c2ccccc2)c(C(=O)Nc2ccccc2)c1C(C)C.[Ca+2].[H-].[H-].[Na+].[Na+]. The summed E-state index contributed by atoms with van der Waals surface area (Å²) >= 11 is 0. The summed E-state index contributed by atoms with van der Waals surface area (Å²) in [5.74, 6) is -6.10. The Kier molecular flexibility index (Phi) is 26.5. The molecule has 8 rings (SSSR count). The molecule has 438 valence electrons. The van der Waals surface area contributed by atoms with E-state index in [-0.39, 0.29) is 149 Å². The molecule has 20 heteroatoms. The molecule has 0 bridgehead atoms. The number of hydrogen-bond acceptors (Lipinski definition) is 11. The van der Waals surface area contributed by atoms with Crippen molar-refractivity contribution in [2.75, 3.05) is 10.6 Å². The van der Waals surface area contributed by atoms with Gasteiger partial charge in [0.15, 0.2) is 0 Å². The van der Waals surface area contributed by atoms with E-state index in [1.807, 2.05) is 80.8 Å². The number of aliphatic carboxylic acids is 2. The monoisotopic (exact) mass is 1220 g/mol. The molecule has 5 atom stereocenters. The van der Waals surface area contributed by atoms with Crippen molar-refractivity contribution >= 4 is 72.9 Å². The van der Waals surface area contributed by atoms with Crippen molar-refractivity contribution in [3.63, 3.8) is 0 Å². The Morgan fingerprint density at radius 3 is 1.28 bits per heavy atom. The van der Waals surface area contributed by atoms with Crippen LogP contribution in [0, 0.1) is 11.6 Å². The smallest absolute Gasteiger partial charge is 1.00 e. The number of carbonyl (C=O) groups excluding carboxylic acids is 4. The molecule has 0 saturated heterocycles. The van der Waals surface area contributed by atoms with Crippen LogP contribution >= 0.6 is 0 Å². The molecule has 7 N–H and O–H groups in total. The number of hydrogen-bond donors (Lipinski definition) is 7. The van der Waals surface area contributed by atoms with E-state index in [4.69, 9.17) is 6.91 Å². The van der Waals surface area contributed by atoms with Gasteiger partial charge in [0, 0.05) is 74.5 Å². The van der Waals surface area contributed by atoms with Gasteiger partial charge in [0.05, 0.1) is 49.6 Å². The Hall–Kier alpha value is -5.32. The third-order valence-electron chi connectivity index (χ3n) is 13.6. The van der Waals surface area contributed by atoms with Crippen molar-refractivity contribution in [2.24, 2.45) is 0 Å². The number of carboxylic acid groups (broad SMARTS) is 2. The van der Waals surface area contributed by atoms with E-state index >= 15 is 0 Å². The molecule has 8 aromatic rings. The van der Waals surface area contributed by atoms with Gasteiger partial charge in [-0.15, -0.1) is 0 Å². The van der Waals surface area contributed by atoms with Crippen molar-refractivity contribution in [1.29, 1.82) is 1.43 Å². The molecule has 0 fully saturated rings. The molecule has 2 aromatic heterocycles. The largest absolute Gasteiger partial charge is 2.00 e. The molecule has 2 amide bonds. The summed E-state index contributed by atoms with van der Waals surface area (Å²) in [5.41, 5.74) is 7.91. The second-order valence-electron chi connectivity index (χ2n) is 20.3. The van der Waals surface area contributed by atoms with Crippen LogP contribution in [0.3, 0.4) is 0 Å². The first kappa shape index (κ1) is 65.1. The molecular weight excluding hydrogens is 1150 g/mol. The number of anilines is 2. The van der Waals surface area contributed by atoms with Crippen molar-refractivity contribution in [1.82, 2.24) is 9.13 Å². The number of para-hydroxylation sites is 2. The zero-order valence-electron chi connectivity index (χ0n) is 55.8. The van der Waals surface area contributed by atoms with Crippen molar-refractivity contribution in [3.8, 4) is 44.8 Å². The molecule has 86 heavy (non-hydrogen) atoms. The third-order valence-corrected chi connectivity index (χ3v) is 13.6. The van der Waals surface area contributed by atoms with E-state index in [1.165, 1.54) is 36.4 Å². The Morgan fingerprint density at radius 1 is 0.558 bits per heavy atom. The predicted molar refractivity (Wildman–Crippen MR) is 319 cm³/mol. The van der Waals surface area contributed by atoms with Gasteiger partial charge in [-0.3, -0.25) is 9.59 Å². The van der Waals surface area contributed by atoms with Crippen LogP contribution < -0.4 is 80.0 Å². The van der Waals surface area contributed by atoms with E-state index in [0.29, 0.717) is 61.8 Å². The topological polar surface area (TPSA) is 249 Å². The van der Waals surface area contributed by atoms with Gasteiger partial charge in [-0.25, -0.2) is 8.78 Å². The number of halogens is 2. The fourth-order valence-electron chi connectivity index (χ4n) is 10.1. The predicted octanol–water partition coefficient (Wildman–Crippen LogP) is 2.78. The number of aliphatic hydroxyl groups is 5. The Balaban J connectivity index is 0.000000606. The minimum Gasteiger partial charge on any atom is -1.00 e. The molecule has 1 unspecified atom stereocenters. The average molecular weight is 1220 g/mol. The van der Waals surface area contributed by atoms with Gasteiger partial charge < -0.3 is 68.0 Å². The van der Waals surface area contributed by atoms with Crippen molar-refractivity contribution in [2.45, 2.75) is 115 Å². The van der Waals surface area contributed by atoms with Crippen LogP contribution in [0.4, 0.5) is 20.2 Å². The number of carboxylic acids is 2. The molecule has 0 aliphatic carbocycles. The summed E-state index contributed by atoms with van der Waals surface area (Å²) < 4.78 is 70.8. The molecule has 0 aliphatic heterocycles. The van der Waals surface area contributed by atoms with Crippen LogP contribution in [0.1, 0.15) is 112 Å². The summed E-state index contributed by atoms with van der Waals surface area (Å²) in [6.45, 7) is 7.59. The number of aromatic nitrogens is 2. The van der Waals surface area contributed by atoms with E-state index in [0.717, 1.165) is 11.3 Å². The van der Waals surface area contributed by atoms with E-state index in [2.05, 4.69) is 15.7 Å². The fourth-order valence-corrected chi connectivity index (χ4v) is 10.1.